The number of anilines is 2. The van der Waals surface area contributed by atoms with Crippen LogP contribution in [0.5, 0.6) is 0 Å². The van der Waals surface area contributed by atoms with Crippen molar-refractivity contribution in [1.82, 2.24) is 29.5 Å². The molecular formula is C51H59ClF3N9O4S. The number of halogens is 4. The first-order valence-electron chi connectivity index (χ1n) is 23.5. The van der Waals surface area contributed by atoms with Crippen LogP contribution in [-0.2, 0) is 25.5 Å². The zero-order chi connectivity index (χ0) is 48.3. The van der Waals surface area contributed by atoms with Crippen LogP contribution in [0.3, 0.4) is 0 Å². The highest BCUT2D eigenvalue weighted by atomic mass is 35.5. The lowest BCUT2D eigenvalue weighted by atomic mass is 9.93. The zero-order valence-electron chi connectivity index (χ0n) is 39.3. The van der Waals surface area contributed by atoms with E-state index in [4.69, 9.17) is 30.8 Å². The monoisotopic (exact) mass is 985 g/mol. The Kier molecular flexibility index (Phi) is 16.9. The second kappa shape index (κ2) is 23.4. The van der Waals surface area contributed by atoms with Gasteiger partial charge in [-0.2, -0.15) is 13.2 Å². The molecule has 2 aromatic carbocycles. The third-order valence-electron chi connectivity index (χ3n) is 12.5. The van der Waals surface area contributed by atoms with Gasteiger partial charge < -0.3 is 39.6 Å². The molecule has 0 unspecified atom stereocenters. The van der Waals surface area contributed by atoms with Crippen LogP contribution in [0.2, 0.25) is 0 Å². The van der Waals surface area contributed by atoms with Crippen molar-refractivity contribution in [3.05, 3.63) is 111 Å². The quantitative estimate of drug-likeness (QED) is 0.0517. The van der Waals surface area contributed by atoms with Crippen LogP contribution in [0.15, 0.2) is 82.3 Å². The first-order chi connectivity index (χ1) is 33.4. The van der Waals surface area contributed by atoms with E-state index in [2.05, 4.69) is 61.3 Å². The summed E-state index contributed by atoms with van der Waals surface area (Å²) in [6.45, 7) is 10.9. The number of piperidine rings is 1. The molecule has 69 heavy (non-hydrogen) atoms. The number of carbonyl (C=O) groups excluding carboxylic acids is 1. The molecule has 366 valence electrons. The molecule has 5 heterocycles. The van der Waals surface area contributed by atoms with Gasteiger partial charge in [-0.3, -0.25) is 14.4 Å². The van der Waals surface area contributed by atoms with Gasteiger partial charge in [-0.25, -0.2) is 0 Å². The number of ether oxygens (including phenoxy) is 3. The normalized spacial score (nSPS) is 16.4. The molecule has 1 amide bonds. The van der Waals surface area contributed by atoms with Gasteiger partial charge in [-0.15, -0.1) is 21.5 Å². The summed E-state index contributed by atoms with van der Waals surface area (Å²) < 4.78 is 61.7. The van der Waals surface area contributed by atoms with Crippen molar-refractivity contribution in [2.24, 2.45) is 4.99 Å². The molecule has 0 radical (unpaired) electrons. The highest BCUT2D eigenvalue weighted by Crippen LogP contribution is 2.41. The van der Waals surface area contributed by atoms with Crippen LogP contribution in [0.1, 0.15) is 71.5 Å². The summed E-state index contributed by atoms with van der Waals surface area (Å²) in [7, 11) is 0. The number of hydrogen-bond donors (Lipinski definition) is 3. The van der Waals surface area contributed by atoms with Gasteiger partial charge in [-0.05, 0) is 99.9 Å². The van der Waals surface area contributed by atoms with Crippen LogP contribution in [0.25, 0.3) is 15.9 Å². The van der Waals surface area contributed by atoms with Gasteiger partial charge in [0.05, 0.1) is 69.5 Å². The fourth-order valence-corrected chi connectivity index (χ4v) is 10.2. The average Bonchev–Trinajstić information content (AvgIpc) is 3.95. The predicted octanol–water partition coefficient (Wildman–Crippen LogP) is 9.05. The molecule has 18 heteroatoms. The van der Waals surface area contributed by atoms with Crippen molar-refractivity contribution < 1.29 is 32.2 Å². The first kappa shape index (κ1) is 49.9. The standard InChI is InChI=1S/C51H59ClF3N9O4S/c1-34-35(2)69-50-47(34)48(37-14-16-38(52)17-15-37)59-44(49-61-60-36(3)64(49)50)32-46(65)57-21-25-66-27-29-68-30-28-67-26-24-62-22-18-40(19-23-62)58-43-12-7-13-45-42(43)31-41(63(45)33-51(53,54)55)11-8-20-56-39-9-5-4-6-10-39/h4-7,9-10,12-14,16,31,40,44,56,58H,15,17-30,32-33H2,1-3H3,(H,57,65)/t44-/m0/s1. The van der Waals surface area contributed by atoms with Crippen molar-refractivity contribution in [3.63, 3.8) is 0 Å². The molecule has 13 nitrogen and oxygen atoms in total. The minimum Gasteiger partial charge on any atom is -0.382 e. The van der Waals surface area contributed by atoms with Crippen LogP contribution >= 0.6 is 22.9 Å². The van der Waals surface area contributed by atoms with Gasteiger partial charge in [0.1, 0.15) is 23.4 Å². The van der Waals surface area contributed by atoms with Gasteiger partial charge in [0.15, 0.2) is 5.82 Å². The number of nitrogens with one attached hydrogen (secondary N) is 3. The summed E-state index contributed by atoms with van der Waals surface area (Å²) in [5, 5.41) is 21.2. The van der Waals surface area contributed by atoms with E-state index < -0.39 is 18.8 Å². The van der Waals surface area contributed by atoms with Crippen LogP contribution in [-0.4, -0.2) is 120 Å². The van der Waals surface area contributed by atoms with Crippen molar-refractivity contribution in [1.29, 1.82) is 0 Å². The highest BCUT2D eigenvalue weighted by molar-refractivity contribution is 7.15. The molecule has 3 aliphatic rings. The summed E-state index contributed by atoms with van der Waals surface area (Å²) in [6, 6.07) is 16.4. The van der Waals surface area contributed by atoms with Gasteiger partial charge in [0.25, 0.3) is 0 Å². The molecule has 5 aromatic rings. The summed E-state index contributed by atoms with van der Waals surface area (Å²) >= 11 is 8.01. The van der Waals surface area contributed by atoms with Crippen LogP contribution in [0.4, 0.5) is 24.5 Å². The zero-order valence-corrected chi connectivity index (χ0v) is 40.8. The number of carbonyl (C=O) groups is 1. The third kappa shape index (κ3) is 13.0. The number of thiophene rings is 1. The molecular weight excluding hydrogens is 927 g/mol. The number of para-hydroxylation sites is 1. The van der Waals surface area contributed by atoms with Crippen molar-refractivity contribution in [2.45, 2.75) is 77.7 Å². The Morgan fingerprint density at radius 1 is 0.928 bits per heavy atom. The summed E-state index contributed by atoms with van der Waals surface area (Å²) in [4.78, 5) is 22.1. The lowest BCUT2D eigenvalue weighted by Crippen LogP contribution is -2.40. The molecule has 1 aliphatic carbocycles. The van der Waals surface area contributed by atoms with Gasteiger partial charge in [0.2, 0.25) is 5.91 Å². The van der Waals surface area contributed by atoms with E-state index in [-0.39, 0.29) is 18.4 Å². The number of benzene rings is 2. The number of hydrogen-bond acceptors (Lipinski definition) is 11. The number of aliphatic imine (C=N–C) groups is 1. The highest BCUT2D eigenvalue weighted by Gasteiger charge is 2.34. The van der Waals surface area contributed by atoms with Crippen molar-refractivity contribution in [2.75, 3.05) is 83.0 Å². The van der Waals surface area contributed by atoms with Crippen molar-refractivity contribution >= 4 is 56.8 Å². The van der Waals surface area contributed by atoms with E-state index >= 15 is 0 Å². The molecule has 3 aromatic heterocycles. The summed E-state index contributed by atoms with van der Waals surface area (Å²) in [6.07, 6.45) is 3.01. The Labute approximate surface area is 410 Å². The summed E-state index contributed by atoms with van der Waals surface area (Å²) in [5.41, 5.74) is 6.75. The number of alkyl halides is 3. The number of aromatic nitrogens is 4. The van der Waals surface area contributed by atoms with Crippen molar-refractivity contribution in [3.8, 4) is 16.8 Å². The van der Waals surface area contributed by atoms with Crippen LogP contribution < -0.4 is 16.0 Å². The Morgan fingerprint density at radius 3 is 2.42 bits per heavy atom. The van der Waals surface area contributed by atoms with E-state index in [1.807, 2.05) is 55.5 Å². The Hall–Kier alpha value is -5.48. The number of aryl methyl sites for hydroxylation is 2. The third-order valence-corrected chi connectivity index (χ3v) is 14.0. The Balaban J connectivity index is 0.704. The molecule has 0 bridgehead atoms. The lowest BCUT2D eigenvalue weighted by Gasteiger charge is -2.32. The number of likely N-dealkylation sites (tertiary alicyclic amines) is 1. The molecule has 3 N–H and O–H groups in total. The fourth-order valence-electron chi connectivity index (χ4n) is 8.83. The maximum atomic E-state index is 13.7. The molecule has 1 saturated heterocycles. The van der Waals surface area contributed by atoms with Gasteiger partial charge in [0, 0.05) is 64.5 Å². The molecule has 2 aliphatic heterocycles. The van der Waals surface area contributed by atoms with Crippen LogP contribution in [0, 0.1) is 32.6 Å². The number of rotatable bonds is 20. The molecule has 1 fully saturated rings. The predicted molar refractivity (Wildman–Crippen MR) is 267 cm³/mol. The topological polar surface area (TPSA) is 132 Å². The smallest absolute Gasteiger partial charge is 0.382 e. The first-order valence-corrected chi connectivity index (χ1v) is 24.7. The molecule has 0 saturated carbocycles. The minimum absolute atomic E-state index is 0.121. The Bertz CT molecular complexity index is 2730. The number of amides is 1. The largest absolute Gasteiger partial charge is 0.406 e. The SMILES string of the molecule is Cc1sc2c(c1C)C(C1=CC=C(Cl)CC1)=N[C@@H](CC(=O)NCCOCCOCCOCCN1CCC(Nc3cccc4c3cc(C#CCNc3ccccc3)n4CC(F)(F)F)CC1)c1nnc(C)n1-2. The van der Waals surface area contributed by atoms with E-state index in [0.29, 0.717) is 69.8 Å². The van der Waals surface area contributed by atoms with E-state index in [0.717, 1.165) is 100 Å². The fraction of sp³-hybridized carbons (Fsp3) is 0.451. The van der Waals surface area contributed by atoms with Gasteiger partial charge >= 0.3 is 6.18 Å². The maximum Gasteiger partial charge on any atom is 0.406 e. The van der Waals surface area contributed by atoms with E-state index in [1.54, 1.807) is 29.5 Å². The summed E-state index contributed by atoms with van der Waals surface area (Å²) in [5.74, 6) is 7.23. The molecule has 8 rings (SSSR count). The lowest BCUT2D eigenvalue weighted by molar-refractivity contribution is -0.140. The number of fused-ring (bicyclic) bond motifs is 4. The van der Waals surface area contributed by atoms with E-state index in [1.165, 1.54) is 9.44 Å². The minimum atomic E-state index is -4.39. The number of nitrogens with zero attached hydrogens (tertiary/aromatic N) is 6. The number of allylic oxidation sites excluding steroid dienone is 4. The Morgan fingerprint density at radius 2 is 1.68 bits per heavy atom. The van der Waals surface area contributed by atoms with E-state index in [9.17, 15) is 18.0 Å². The van der Waals surface area contributed by atoms with Gasteiger partial charge in [-0.1, -0.05) is 47.9 Å². The second-order valence-corrected chi connectivity index (χ2v) is 19.0. The molecule has 0 spiro atoms. The maximum absolute atomic E-state index is 13.7. The second-order valence-electron chi connectivity index (χ2n) is 17.3. The average molecular weight is 987 g/mol. The molecule has 1 atom stereocenters.